The van der Waals surface area contributed by atoms with Crippen molar-refractivity contribution in [1.82, 2.24) is 5.32 Å². The number of carbonyl (C=O) groups is 3. The van der Waals surface area contributed by atoms with E-state index in [0.717, 1.165) is 0 Å². The third kappa shape index (κ3) is 11.4. The first-order valence-corrected chi connectivity index (χ1v) is 7.72. The Morgan fingerprint density at radius 2 is 1.48 bits per heavy atom. The van der Waals surface area contributed by atoms with Crippen LogP contribution >= 0.6 is 0 Å². The van der Waals surface area contributed by atoms with Crippen LogP contribution < -0.4 is 5.32 Å². The average molecular weight is 331 g/mol. The van der Waals surface area contributed by atoms with Gasteiger partial charge in [0.1, 0.15) is 17.2 Å². The molecule has 0 aromatic heterocycles. The lowest BCUT2D eigenvalue weighted by atomic mass is 10.1. The van der Waals surface area contributed by atoms with Crippen LogP contribution in [0.4, 0.5) is 4.79 Å². The molecule has 0 aromatic rings. The minimum atomic E-state index is -0.978. The normalized spacial score (nSPS) is 13.0. The monoisotopic (exact) mass is 331 g/mol. The number of hydrogen-bond donors (Lipinski definition) is 1. The number of esters is 2. The van der Waals surface area contributed by atoms with Gasteiger partial charge in [0, 0.05) is 6.42 Å². The van der Waals surface area contributed by atoms with Gasteiger partial charge in [0.15, 0.2) is 0 Å². The summed E-state index contributed by atoms with van der Waals surface area (Å²) < 4.78 is 15.2. The summed E-state index contributed by atoms with van der Waals surface area (Å²) in [5.41, 5.74) is -1.39. The van der Waals surface area contributed by atoms with Crippen LogP contribution in [0.25, 0.3) is 0 Å². The molecule has 0 bridgehead atoms. The van der Waals surface area contributed by atoms with Crippen molar-refractivity contribution in [2.75, 3.05) is 6.61 Å². The molecule has 0 heterocycles. The third-order valence-corrected chi connectivity index (χ3v) is 2.32. The predicted octanol–water partition coefficient (Wildman–Crippen LogP) is 2.56. The highest BCUT2D eigenvalue weighted by Crippen LogP contribution is 2.12. The summed E-state index contributed by atoms with van der Waals surface area (Å²) in [7, 11) is 0. The smallest absolute Gasteiger partial charge is 0.408 e. The van der Waals surface area contributed by atoms with E-state index in [4.69, 9.17) is 14.2 Å². The first kappa shape index (κ1) is 21.2. The molecule has 0 spiro atoms. The maximum Gasteiger partial charge on any atom is 0.408 e. The molecule has 0 unspecified atom stereocenters. The van der Waals surface area contributed by atoms with Gasteiger partial charge >= 0.3 is 18.0 Å². The van der Waals surface area contributed by atoms with Crippen molar-refractivity contribution in [1.29, 1.82) is 0 Å². The van der Waals surface area contributed by atoms with E-state index >= 15 is 0 Å². The standard InChI is InChI=1S/C16H29NO6/c1-8-21-12(18)10-9-11(13(19)22-15(2,3)4)17-14(20)23-16(5,6)7/h11H,8-10H2,1-7H3,(H,17,20)/t11-/m0/s1. The van der Waals surface area contributed by atoms with Crippen LogP contribution in [0.15, 0.2) is 0 Å². The van der Waals surface area contributed by atoms with Crippen LogP contribution in [0.5, 0.6) is 0 Å². The maximum absolute atomic E-state index is 12.2. The van der Waals surface area contributed by atoms with Crippen molar-refractivity contribution in [2.24, 2.45) is 0 Å². The molecule has 1 N–H and O–H groups in total. The van der Waals surface area contributed by atoms with Crippen LogP contribution in [-0.4, -0.2) is 41.9 Å². The van der Waals surface area contributed by atoms with E-state index in [9.17, 15) is 14.4 Å². The molecule has 0 saturated carbocycles. The molecule has 0 aromatic carbocycles. The van der Waals surface area contributed by atoms with Crippen LogP contribution in [0, 0.1) is 0 Å². The van der Waals surface area contributed by atoms with Gasteiger partial charge in [-0.05, 0) is 54.9 Å². The fraction of sp³-hybridized carbons (Fsp3) is 0.812. The number of alkyl carbamates (subject to hydrolysis) is 1. The molecule has 0 fully saturated rings. The Morgan fingerprint density at radius 1 is 0.957 bits per heavy atom. The Hall–Kier alpha value is -1.79. The van der Waals surface area contributed by atoms with E-state index in [1.807, 2.05) is 0 Å². The summed E-state index contributed by atoms with van der Waals surface area (Å²) in [4.78, 5) is 35.5. The summed E-state index contributed by atoms with van der Waals surface area (Å²) in [6.45, 7) is 12.3. The molecule has 23 heavy (non-hydrogen) atoms. The van der Waals surface area contributed by atoms with Gasteiger partial charge in [-0.25, -0.2) is 9.59 Å². The number of ether oxygens (including phenoxy) is 3. The highest BCUT2D eigenvalue weighted by Gasteiger charge is 2.29. The molecule has 1 atom stereocenters. The molecule has 1 amide bonds. The highest BCUT2D eigenvalue weighted by atomic mass is 16.6. The second kappa shape index (κ2) is 8.74. The van der Waals surface area contributed by atoms with Crippen molar-refractivity contribution in [3.8, 4) is 0 Å². The second-order valence-electron chi connectivity index (χ2n) is 7.08. The summed E-state index contributed by atoms with van der Waals surface area (Å²) in [6, 6.07) is -0.978. The fourth-order valence-corrected chi connectivity index (χ4v) is 1.57. The van der Waals surface area contributed by atoms with Crippen molar-refractivity contribution < 1.29 is 28.6 Å². The first-order chi connectivity index (χ1) is 10.3. The molecular weight excluding hydrogens is 302 g/mol. The number of nitrogens with one attached hydrogen (secondary N) is 1. The van der Waals surface area contributed by atoms with E-state index in [-0.39, 0.29) is 19.4 Å². The van der Waals surface area contributed by atoms with Gasteiger partial charge < -0.3 is 19.5 Å². The summed E-state index contributed by atoms with van der Waals surface area (Å²) >= 11 is 0. The minimum absolute atomic E-state index is 0.00640. The lowest BCUT2D eigenvalue weighted by Crippen LogP contribution is -2.46. The largest absolute Gasteiger partial charge is 0.466 e. The second-order valence-corrected chi connectivity index (χ2v) is 7.08. The molecule has 7 heteroatoms. The molecule has 0 rings (SSSR count). The average Bonchev–Trinajstić information content (AvgIpc) is 2.30. The molecule has 0 radical (unpaired) electrons. The van der Waals surface area contributed by atoms with Crippen molar-refractivity contribution in [3.05, 3.63) is 0 Å². The van der Waals surface area contributed by atoms with Gasteiger partial charge in [-0.15, -0.1) is 0 Å². The summed E-state index contributed by atoms with van der Waals surface area (Å²) in [5.74, 6) is -1.06. The van der Waals surface area contributed by atoms with Crippen molar-refractivity contribution in [2.45, 2.75) is 78.6 Å². The topological polar surface area (TPSA) is 90.9 Å². The molecule has 0 aliphatic rings. The zero-order valence-electron chi connectivity index (χ0n) is 15.1. The summed E-state index contributed by atoms with van der Waals surface area (Å²) in [6.07, 6.45) is -0.669. The zero-order valence-corrected chi connectivity index (χ0v) is 15.1. The maximum atomic E-state index is 12.2. The third-order valence-electron chi connectivity index (χ3n) is 2.32. The Balaban J connectivity index is 4.82. The van der Waals surface area contributed by atoms with Gasteiger partial charge in [-0.1, -0.05) is 0 Å². The fourth-order valence-electron chi connectivity index (χ4n) is 1.57. The summed E-state index contributed by atoms with van der Waals surface area (Å²) in [5, 5.41) is 2.45. The lowest BCUT2D eigenvalue weighted by Gasteiger charge is -2.26. The van der Waals surface area contributed by atoms with Crippen LogP contribution in [-0.2, 0) is 23.8 Å². The Bertz CT molecular complexity index is 419. The molecule has 134 valence electrons. The van der Waals surface area contributed by atoms with Crippen LogP contribution in [0.2, 0.25) is 0 Å². The van der Waals surface area contributed by atoms with E-state index in [1.165, 1.54) is 0 Å². The molecule has 0 aliphatic carbocycles. The Kier molecular flexibility index (Phi) is 8.06. The van der Waals surface area contributed by atoms with Crippen molar-refractivity contribution in [3.63, 3.8) is 0 Å². The van der Waals surface area contributed by atoms with E-state index in [1.54, 1.807) is 48.5 Å². The Morgan fingerprint density at radius 3 is 1.91 bits per heavy atom. The molecule has 0 aliphatic heterocycles. The lowest BCUT2D eigenvalue weighted by molar-refractivity contribution is -0.157. The number of hydrogen-bond acceptors (Lipinski definition) is 6. The van der Waals surface area contributed by atoms with E-state index in [2.05, 4.69) is 5.32 Å². The number of carbonyl (C=O) groups excluding carboxylic acids is 3. The quantitative estimate of drug-likeness (QED) is 0.594. The number of rotatable bonds is 6. The van der Waals surface area contributed by atoms with Crippen LogP contribution in [0.1, 0.15) is 61.3 Å². The van der Waals surface area contributed by atoms with E-state index in [0.29, 0.717) is 0 Å². The van der Waals surface area contributed by atoms with Gasteiger partial charge in [0.25, 0.3) is 0 Å². The highest BCUT2D eigenvalue weighted by molar-refractivity contribution is 5.82. The van der Waals surface area contributed by atoms with Crippen LogP contribution in [0.3, 0.4) is 0 Å². The molecule has 7 nitrogen and oxygen atoms in total. The zero-order chi connectivity index (χ0) is 18.3. The SMILES string of the molecule is CCOC(=O)CC[C@H](NC(=O)OC(C)(C)C)C(=O)OC(C)(C)C. The van der Waals surface area contributed by atoms with Gasteiger partial charge in [0.2, 0.25) is 0 Å². The van der Waals surface area contributed by atoms with Gasteiger partial charge in [0.05, 0.1) is 6.61 Å². The Labute approximate surface area is 138 Å². The number of amides is 1. The minimum Gasteiger partial charge on any atom is -0.466 e. The van der Waals surface area contributed by atoms with Gasteiger partial charge in [-0.2, -0.15) is 0 Å². The van der Waals surface area contributed by atoms with Crippen molar-refractivity contribution >= 4 is 18.0 Å². The first-order valence-electron chi connectivity index (χ1n) is 7.72. The molecule has 0 saturated heterocycles. The predicted molar refractivity (Wildman–Crippen MR) is 84.9 cm³/mol. The molecular formula is C16H29NO6. The van der Waals surface area contributed by atoms with Gasteiger partial charge in [-0.3, -0.25) is 4.79 Å². The van der Waals surface area contributed by atoms with E-state index < -0.39 is 35.3 Å².